The van der Waals surface area contributed by atoms with Crippen molar-refractivity contribution in [3.63, 3.8) is 0 Å². The molecule has 3 nitrogen and oxygen atoms in total. The SMILES string of the molecule is COC(OC)C(C)Nc1ccc(F)cc1Cl. The molecule has 1 N–H and O–H groups in total. The molecule has 0 saturated carbocycles. The molecule has 0 saturated heterocycles. The Bertz CT molecular complexity index is 345. The zero-order chi connectivity index (χ0) is 12.1. The Morgan fingerprint density at radius 1 is 1.31 bits per heavy atom. The Hall–Kier alpha value is -0.840. The van der Waals surface area contributed by atoms with Crippen molar-refractivity contribution in [2.24, 2.45) is 0 Å². The molecule has 0 fully saturated rings. The molecule has 90 valence electrons. The van der Waals surface area contributed by atoms with Crippen molar-refractivity contribution < 1.29 is 13.9 Å². The van der Waals surface area contributed by atoms with E-state index in [1.54, 1.807) is 20.3 Å². The standard InChI is InChI=1S/C11H15ClFNO2/c1-7(11(15-2)16-3)14-10-5-4-8(13)6-9(10)12/h4-7,11,14H,1-3H3. The number of halogens is 2. The minimum absolute atomic E-state index is 0.0991. The molecule has 1 atom stereocenters. The maximum Gasteiger partial charge on any atom is 0.176 e. The van der Waals surface area contributed by atoms with E-state index >= 15 is 0 Å². The van der Waals surface area contributed by atoms with Gasteiger partial charge in [-0.25, -0.2) is 4.39 Å². The lowest BCUT2D eigenvalue weighted by Gasteiger charge is -2.23. The third-order valence-corrected chi connectivity index (χ3v) is 2.50. The zero-order valence-corrected chi connectivity index (χ0v) is 10.2. The van der Waals surface area contributed by atoms with Gasteiger partial charge in [0.25, 0.3) is 0 Å². The van der Waals surface area contributed by atoms with Crippen molar-refractivity contribution in [3.8, 4) is 0 Å². The first-order valence-electron chi connectivity index (χ1n) is 4.85. The lowest BCUT2D eigenvalue weighted by atomic mass is 10.2. The van der Waals surface area contributed by atoms with E-state index in [0.29, 0.717) is 10.7 Å². The molecule has 1 aromatic rings. The Balaban J connectivity index is 2.72. The summed E-state index contributed by atoms with van der Waals surface area (Å²) in [5.74, 6) is -0.363. The molecule has 0 spiro atoms. The maximum absolute atomic E-state index is 12.8. The van der Waals surface area contributed by atoms with Gasteiger partial charge in [0.15, 0.2) is 6.29 Å². The normalized spacial score (nSPS) is 12.9. The van der Waals surface area contributed by atoms with E-state index in [0.717, 1.165) is 0 Å². The van der Waals surface area contributed by atoms with Crippen molar-refractivity contribution in [1.82, 2.24) is 0 Å². The van der Waals surface area contributed by atoms with E-state index in [1.165, 1.54) is 12.1 Å². The van der Waals surface area contributed by atoms with Gasteiger partial charge in [-0.1, -0.05) is 11.6 Å². The van der Waals surface area contributed by atoms with Gasteiger partial charge < -0.3 is 14.8 Å². The number of methoxy groups -OCH3 is 2. The van der Waals surface area contributed by atoms with Crippen LogP contribution in [0.4, 0.5) is 10.1 Å². The van der Waals surface area contributed by atoms with E-state index < -0.39 is 0 Å². The van der Waals surface area contributed by atoms with Gasteiger partial charge >= 0.3 is 0 Å². The summed E-state index contributed by atoms with van der Waals surface area (Å²) >= 11 is 5.88. The van der Waals surface area contributed by atoms with Crippen molar-refractivity contribution in [1.29, 1.82) is 0 Å². The van der Waals surface area contributed by atoms with Gasteiger partial charge in [0.2, 0.25) is 0 Å². The van der Waals surface area contributed by atoms with Gasteiger partial charge in [0.05, 0.1) is 16.8 Å². The molecular formula is C11H15ClFNO2. The second-order valence-corrected chi connectivity index (χ2v) is 3.80. The number of benzene rings is 1. The van der Waals surface area contributed by atoms with Gasteiger partial charge in [-0.2, -0.15) is 0 Å². The number of hydrogen-bond acceptors (Lipinski definition) is 3. The highest BCUT2D eigenvalue weighted by Gasteiger charge is 2.16. The Morgan fingerprint density at radius 2 is 1.94 bits per heavy atom. The number of anilines is 1. The quantitative estimate of drug-likeness (QED) is 0.812. The summed E-state index contributed by atoms with van der Waals surface area (Å²) in [4.78, 5) is 0. The lowest BCUT2D eigenvalue weighted by molar-refractivity contribution is -0.109. The molecule has 0 amide bonds. The van der Waals surface area contributed by atoms with E-state index in [4.69, 9.17) is 21.1 Å². The van der Waals surface area contributed by atoms with Gasteiger partial charge in [-0.05, 0) is 25.1 Å². The molecule has 1 aromatic carbocycles. The summed E-state index contributed by atoms with van der Waals surface area (Å²) in [6.45, 7) is 1.89. The number of ether oxygens (including phenoxy) is 2. The molecule has 16 heavy (non-hydrogen) atoms. The minimum atomic E-state index is -0.388. The molecule has 5 heteroatoms. The fourth-order valence-corrected chi connectivity index (χ4v) is 1.65. The van der Waals surface area contributed by atoms with Crippen LogP contribution in [0.5, 0.6) is 0 Å². The third-order valence-electron chi connectivity index (χ3n) is 2.19. The average Bonchev–Trinajstić information content (AvgIpc) is 2.24. The van der Waals surface area contributed by atoms with Crippen LogP contribution in [0, 0.1) is 5.82 Å². The van der Waals surface area contributed by atoms with Crippen molar-refractivity contribution in [2.45, 2.75) is 19.3 Å². The molecule has 0 heterocycles. The Morgan fingerprint density at radius 3 is 2.44 bits per heavy atom. The first-order chi connectivity index (χ1) is 7.58. The molecule has 0 aliphatic heterocycles. The minimum Gasteiger partial charge on any atom is -0.376 e. The van der Waals surface area contributed by atoms with Gasteiger partial charge in [0.1, 0.15) is 5.82 Å². The first-order valence-corrected chi connectivity index (χ1v) is 5.23. The predicted octanol–water partition coefficient (Wildman–Crippen LogP) is 2.90. The number of hydrogen-bond donors (Lipinski definition) is 1. The largest absolute Gasteiger partial charge is 0.376 e. The highest BCUT2D eigenvalue weighted by atomic mass is 35.5. The zero-order valence-electron chi connectivity index (χ0n) is 9.46. The Kier molecular flexibility index (Phi) is 4.99. The first kappa shape index (κ1) is 13.2. The summed E-state index contributed by atoms with van der Waals surface area (Å²) in [6, 6.07) is 4.08. The van der Waals surface area contributed by atoms with Crippen LogP contribution in [-0.4, -0.2) is 26.6 Å². The molecule has 0 aliphatic rings. The van der Waals surface area contributed by atoms with Gasteiger partial charge in [-0.15, -0.1) is 0 Å². The molecule has 1 rings (SSSR count). The molecule has 0 radical (unpaired) electrons. The van der Waals surface area contributed by atoms with Crippen molar-refractivity contribution >= 4 is 17.3 Å². The van der Waals surface area contributed by atoms with Crippen LogP contribution in [0.15, 0.2) is 18.2 Å². The van der Waals surface area contributed by atoms with E-state index in [-0.39, 0.29) is 18.1 Å². The van der Waals surface area contributed by atoms with E-state index in [9.17, 15) is 4.39 Å². The third kappa shape index (κ3) is 3.33. The van der Waals surface area contributed by atoms with Crippen molar-refractivity contribution in [2.75, 3.05) is 19.5 Å². The Labute approximate surface area is 99.5 Å². The van der Waals surface area contributed by atoms with Crippen LogP contribution >= 0.6 is 11.6 Å². The second-order valence-electron chi connectivity index (χ2n) is 3.40. The maximum atomic E-state index is 12.8. The van der Waals surface area contributed by atoms with E-state index in [1.807, 2.05) is 6.92 Å². The number of rotatable bonds is 5. The fraction of sp³-hybridized carbons (Fsp3) is 0.455. The van der Waals surface area contributed by atoms with Gasteiger partial charge in [0, 0.05) is 14.2 Å². The van der Waals surface area contributed by atoms with Crippen LogP contribution in [0.3, 0.4) is 0 Å². The van der Waals surface area contributed by atoms with Crippen LogP contribution in [0.2, 0.25) is 5.02 Å². The summed E-state index contributed by atoms with van der Waals surface area (Å²) in [7, 11) is 3.11. The van der Waals surface area contributed by atoms with E-state index in [2.05, 4.69) is 5.32 Å². The molecule has 1 unspecified atom stereocenters. The summed E-state index contributed by atoms with van der Waals surface area (Å²) in [5, 5.41) is 3.42. The monoisotopic (exact) mass is 247 g/mol. The average molecular weight is 248 g/mol. The fourth-order valence-electron chi connectivity index (χ4n) is 1.42. The summed E-state index contributed by atoms with van der Waals surface area (Å²) < 4.78 is 23.0. The van der Waals surface area contributed by atoms with Crippen LogP contribution < -0.4 is 5.32 Å². The van der Waals surface area contributed by atoms with Crippen molar-refractivity contribution in [3.05, 3.63) is 29.0 Å². The summed E-state index contributed by atoms with van der Waals surface area (Å²) in [6.07, 6.45) is -0.388. The molecule has 0 bridgehead atoms. The molecular weight excluding hydrogens is 233 g/mol. The number of nitrogens with one attached hydrogen (secondary N) is 1. The van der Waals surface area contributed by atoms with Gasteiger partial charge in [-0.3, -0.25) is 0 Å². The molecule has 0 aliphatic carbocycles. The summed E-state index contributed by atoms with van der Waals surface area (Å²) in [5.41, 5.74) is 0.648. The lowest BCUT2D eigenvalue weighted by Crippen LogP contribution is -2.33. The predicted molar refractivity (Wildman–Crippen MR) is 62.3 cm³/mol. The highest BCUT2D eigenvalue weighted by molar-refractivity contribution is 6.33. The molecule has 0 aromatic heterocycles. The smallest absolute Gasteiger partial charge is 0.176 e. The van der Waals surface area contributed by atoms with Crippen LogP contribution in [0.1, 0.15) is 6.92 Å². The topological polar surface area (TPSA) is 30.5 Å². The van der Waals surface area contributed by atoms with Crippen LogP contribution in [-0.2, 0) is 9.47 Å². The highest BCUT2D eigenvalue weighted by Crippen LogP contribution is 2.23. The van der Waals surface area contributed by atoms with Crippen LogP contribution in [0.25, 0.3) is 0 Å². The second kappa shape index (κ2) is 6.03.